The third-order valence-electron chi connectivity index (χ3n) is 2.56. The molecule has 0 aliphatic carbocycles. The molecule has 1 rings (SSSR count). The fourth-order valence-corrected chi connectivity index (χ4v) is 1.79. The summed E-state index contributed by atoms with van der Waals surface area (Å²) in [6.45, 7) is 8.07. The Kier molecular flexibility index (Phi) is 5.66. The number of benzene rings is 1. The van der Waals surface area contributed by atoms with Crippen LogP contribution in [0.5, 0.6) is 0 Å². The van der Waals surface area contributed by atoms with Crippen LogP contribution in [0.4, 0.5) is 4.39 Å². The van der Waals surface area contributed by atoms with E-state index in [1.807, 2.05) is 6.08 Å². The Balaban J connectivity index is 2.95. The van der Waals surface area contributed by atoms with Crippen molar-refractivity contribution in [3.05, 3.63) is 40.2 Å². The van der Waals surface area contributed by atoms with Crippen LogP contribution in [-0.2, 0) is 0 Å². The van der Waals surface area contributed by atoms with E-state index in [0.29, 0.717) is 10.9 Å². The lowest BCUT2D eigenvalue weighted by Crippen LogP contribution is -2.18. The van der Waals surface area contributed by atoms with Crippen molar-refractivity contribution < 1.29 is 4.39 Å². The minimum atomic E-state index is -0.296. The van der Waals surface area contributed by atoms with Crippen LogP contribution in [-0.4, -0.2) is 13.1 Å². The third kappa shape index (κ3) is 4.88. The Labute approximate surface area is 108 Å². The molecular weight excluding hydrogens is 237 g/mol. The number of halogens is 2. The van der Waals surface area contributed by atoms with E-state index in [4.69, 9.17) is 11.6 Å². The molecule has 0 heterocycles. The molecule has 1 N–H and O–H groups in total. The number of nitrogens with one attached hydrogen (secondary N) is 1. The first-order chi connectivity index (χ1) is 8.02. The molecule has 0 bridgehead atoms. The summed E-state index contributed by atoms with van der Waals surface area (Å²) in [6.07, 6.45) is 2.00. The first kappa shape index (κ1) is 14.2. The molecule has 1 nitrogen and oxygen atoms in total. The van der Waals surface area contributed by atoms with Gasteiger partial charge in [0, 0.05) is 11.6 Å². The minimum Gasteiger partial charge on any atom is -0.313 e. The van der Waals surface area contributed by atoms with E-state index >= 15 is 0 Å². The van der Waals surface area contributed by atoms with E-state index in [0.717, 1.165) is 18.7 Å². The van der Waals surface area contributed by atoms with E-state index in [1.165, 1.54) is 17.7 Å². The van der Waals surface area contributed by atoms with Crippen molar-refractivity contribution in [3.63, 3.8) is 0 Å². The van der Waals surface area contributed by atoms with Crippen LogP contribution in [0.25, 0.3) is 6.08 Å². The first-order valence-electron chi connectivity index (χ1n) is 5.90. The van der Waals surface area contributed by atoms with Crippen LogP contribution < -0.4 is 5.32 Å². The number of hydrogen-bond acceptors (Lipinski definition) is 1. The number of hydrogen-bond donors (Lipinski definition) is 1. The molecule has 0 aromatic heterocycles. The maximum absolute atomic E-state index is 13.2. The minimum absolute atomic E-state index is 0.296. The molecule has 94 valence electrons. The monoisotopic (exact) mass is 255 g/mol. The van der Waals surface area contributed by atoms with Crippen molar-refractivity contribution in [1.82, 2.24) is 5.32 Å². The van der Waals surface area contributed by atoms with Crippen LogP contribution in [0.3, 0.4) is 0 Å². The summed E-state index contributed by atoms with van der Waals surface area (Å²) in [5.41, 5.74) is 2.06. The van der Waals surface area contributed by atoms with Gasteiger partial charge >= 0.3 is 0 Å². The summed E-state index contributed by atoms with van der Waals surface area (Å²) in [4.78, 5) is 0. The summed E-state index contributed by atoms with van der Waals surface area (Å²) in [5.74, 6) is 0.131. The van der Waals surface area contributed by atoms with Crippen molar-refractivity contribution in [2.24, 2.45) is 5.92 Å². The van der Waals surface area contributed by atoms with Gasteiger partial charge in [0.1, 0.15) is 5.82 Å². The molecule has 17 heavy (non-hydrogen) atoms. The van der Waals surface area contributed by atoms with Crippen LogP contribution in [0.1, 0.15) is 26.3 Å². The second kappa shape index (κ2) is 6.77. The third-order valence-corrected chi connectivity index (χ3v) is 2.78. The largest absolute Gasteiger partial charge is 0.313 e. The van der Waals surface area contributed by atoms with Gasteiger partial charge in [-0.3, -0.25) is 0 Å². The predicted octanol–water partition coefficient (Wildman–Crippen LogP) is 4.13. The van der Waals surface area contributed by atoms with Crippen molar-refractivity contribution in [2.75, 3.05) is 13.1 Å². The highest BCUT2D eigenvalue weighted by Crippen LogP contribution is 2.19. The van der Waals surface area contributed by atoms with Crippen LogP contribution in [0.15, 0.2) is 23.8 Å². The first-order valence-corrected chi connectivity index (χ1v) is 6.28. The van der Waals surface area contributed by atoms with Crippen molar-refractivity contribution >= 4 is 17.7 Å². The molecule has 1 aromatic carbocycles. The normalized spacial score (nSPS) is 12.2. The van der Waals surface area contributed by atoms with Gasteiger partial charge in [0.15, 0.2) is 0 Å². The lowest BCUT2D eigenvalue weighted by molar-refractivity contribution is 0.627. The van der Waals surface area contributed by atoms with Gasteiger partial charge < -0.3 is 5.32 Å². The SMILES string of the molecule is CCNC/C(=C/c1cc(F)cc(Cl)c1)C(C)C. The van der Waals surface area contributed by atoms with Gasteiger partial charge in [0.2, 0.25) is 0 Å². The number of likely N-dealkylation sites (N-methyl/N-ethyl adjacent to an activating group) is 1. The lowest BCUT2D eigenvalue weighted by Gasteiger charge is -2.12. The molecule has 0 unspecified atom stereocenters. The van der Waals surface area contributed by atoms with Gasteiger partial charge in [-0.15, -0.1) is 0 Å². The average Bonchev–Trinajstić information content (AvgIpc) is 2.22. The Morgan fingerprint density at radius 2 is 2.12 bits per heavy atom. The highest BCUT2D eigenvalue weighted by Gasteiger charge is 2.04. The summed E-state index contributed by atoms with van der Waals surface area (Å²) < 4.78 is 13.2. The summed E-state index contributed by atoms with van der Waals surface area (Å²) in [7, 11) is 0. The molecule has 0 fully saturated rings. The van der Waals surface area contributed by atoms with Crippen LogP contribution >= 0.6 is 11.6 Å². The zero-order chi connectivity index (χ0) is 12.8. The fourth-order valence-electron chi connectivity index (χ4n) is 1.56. The zero-order valence-electron chi connectivity index (χ0n) is 10.6. The Hall–Kier alpha value is -0.860. The molecule has 0 saturated carbocycles. The maximum Gasteiger partial charge on any atom is 0.125 e. The molecule has 0 atom stereocenters. The summed E-state index contributed by atoms with van der Waals surface area (Å²) in [6, 6.07) is 4.59. The zero-order valence-corrected chi connectivity index (χ0v) is 11.3. The van der Waals surface area contributed by atoms with Crippen molar-refractivity contribution in [3.8, 4) is 0 Å². The van der Waals surface area contributed by atoms with E-state index in [9.17, 15) is 4.39 Å². The van der Waals surface area contributed by atoms with Gasteiger partial charge in [0.05, 0.1) is 0 Å². The Morgan fingerprint density at radius 3 is 2.65 bits per heavy atom. The summed E-state index contributed by atoms with van der Waals surface area (Å²) in [5, 5.41) is 3.72. The molecule has 0 saturated heterocycles. The van der Waals surface area contributed by atoms with Gasteiger partial charge in [-0.05, 0) is 36.2 Å². The molecule has 0 aliphatic rings. The van der Waals surface area contributed by atoms with Gasteiger partial charge in [0.25, 0.3) is 0 Å². The second-order valence-corrected chi connectivity index (χ2v) is 4.79. The lowest BCUT2D eigenvalue weighted by atomic mass is 10.00. The maximum atomic E-state index is 13.2. The molecule has 0 aliphatic heterocycles. The Morgan fingerprint density at radius 1 is 1.41 bits per heavy atom. The molecule has 0 radical (unpaired) electrons. The predicted molar refractivity (Wildman–Crippen MR) is 72.8 cm³/mol. The molecule has 0 spiro atoms. The smallest absolute Gasteiger partial charge is 0.125 e. The molecular formula is C14H19ClFN. The summed E-state index contributed by atoms with van der Waals surface area (Å²) >= 11 is 5.83. The average molecular weight is 256 g/mol. The van der Waals surface area contributed by atoms with Crippen molar-refractivity contribution in [2.45, 2.75) is 20.8 Å². The van der Waals surface area contributed by atoms with E-state index < -0.39 is 0 Å². The standard InChI is InChI=1S/C14H19ClFN/c1-4-17-9-12(10(2)3)5-11-6-13(15)8-14(16)7-11/h5-8,10,17H,4,9H2,1-3H3/b12-5-. The molecule has 3 heteroatoms. The van der Waals surface area contributed by atoms with Gasteiger partial charge in [-0.2, -0.15) is 0 Å². The topological polar surface area (TPSA) is 12.0 Å². The second-order valence-electron chi connectivity index (χ2n) is 4.36. The number of rotatable bonds is 5. The van der Waals surface area contributed by atoms with Crippen molar-refractivity contribution in [1.29, 1.82) is 0 Å². The van der Waals surface area contributed by atoms with Crippen LogP contribution in [0, 0.1) is 11.7 Å². The van der Waals surface area contributed by atoms with E-state index in [2.05, 4.69) is 26.1 Å². The quantitative estimate of drug-likeness (QED) is 0.834. The fraction of sp³-hybridized carbons (Fsp3) is 0.429. The van der Waals surface area contributed by atoms with Crippen LogP contribution in [0.2, 0.25) is 5.02 Å². The Bertz CT molecular complexity index is 379. The highest BCUT2D eigenvalue weighted by molar-refractivity contribution is 6.30. The van der Waals surface area contributed by atoms with E-state index in [1.54, 1.807) is 6.07 Å². The highest BCUT2D eigenvalue weighted by atomic mass is 35.5. The van der Waals surface area contributed by atoms with Gasteiger partial charge in [-0.1, -0.05) is 44.0 Å². The molecule has 0 amide bonds. The van der Waals surface area contributed by atoms with E-state index in [-0.39, 0.29) is 5.82 Å². The van der Waals surface area contributed by atoms with Gasteiger partial charge in [-0.25, -0.2) is 4.39 Å². The molecule has 1 aromatic rings.